The van der Waals surface area contributed by atoms with Gasteiger partial charge in [0.15, 0.2) is 0 Å². The molecule has 1 aliphatic heterocycles. The second-order valence-electron chi connectivity index (χ2n) is 2.77. The fourth-order valence-electron chi connectivity index (χ4n) is 1.30. The van der Waals surface area contributed by atoms with Crippen molar-refractivity contribution in [1.29, 1.82) is 0 Å². The molecule has 1 saturated heterocycles. The molecule has 0 aliphatic carbocycles. The highest BCUT2D eigenvalue weighted by molar-refractivity contribution is 14.1. The summed E-state index contributed by atoms with van der Waals surface area (Å²) in [5.74, 6) is -0.0803. The van der Waals surface area contributed by atoms with E-state index in [1.54, 1.807) is 0 Å². The Labute approximate surface area is 92.8 Å². The molecule has 2 unspecified atom stereocenters. The van der Waals surface area contributed by atoms with Gasteiger partial charge in [0.05, 0.1) is 5.66 Å². The third kappa shape index (κ3) is 2.64. The Morgan fingerprint density at radius 2 is 2.38 bits per heavy atom. The first kappa shape index (κ1) is 11.4. The van der Waals surface area contributed by atoms with Crippen molar-refractivity contribution in [3.63, 3.8) is 0 Å². The number of hydrogen-bond acceptors (Lipinski definition) is 3. The Hall–Kier alpha value is 0.325. The lowest BCUT2D eigenvalue weighted by Gasteiger charge is -2.12. The number of hydrogen-bond donors (Lipinski definition) is 1. The lowest BCUT2D eigenvalue weighted by Crippen LogP contribution is -2.35. The molecule has 2 amide bonds. The highest BCUT2D eigenvalue weighted by Gasteiger charge is 2.37. The molecule has 0 saturated carbocycles. The number of imide groups is 1. The van der Waals surface area contributed by atoms with Crippen LogP contribution < -0.4 is 5.73 Å². The van der Waals surface area contributed by atoms with Gasteiger partial charge in [-0.3, -0.25) is 14.5 Å². The maximum atomic E-state index is 11.5. The maximum absolute atomic E-state index is 11.5. The molecule has 0 aromatic rings. The van der Waals surface area contributed by atoms with Gasteiger partial charge in [-0.2, -0.15) is 0 Å². The molecule has 1 aliphatic rings. The average Bonchev–Trinajstić information content (AvgIpc) is 2.34. The summed E-state index contributed by atoms with van der Waals surface area (Å²) in [7, 11) is 0.559. The van der Waals surface area contributed by atoms with E-state index in [9.17, 15) is 9.59 Å². The molecule has 72 valence electrons. The first-order valence-corrected chi connectivity index (χ1v) is 6.85. The van der Waals surface area contributed by atoms with Crippen LogP contribution in [0.1, 0.15) is 6.42 Å². The van der Waals surface area contributed by atoms with Crippen LogP contribution in [0.5, 0.6) is 0 Å². The molecule has 0 radical (unpaired) electrons. The van der Waals surface area contributed by atoms with Crippen LogP contribution in [-0.2, 0) is 9.59 Å². The Kier molecular flexibility index (Phi) is 4.62. The Morgan fingerprint density at radius 3 is 2.92 bits per heavy atom. The summed E-state index contributed by atoms with van der Waals surface area (Å²) in [5, 5.41) is 0. The number of amides is 2. The van der Waals surface area contributed by atoms with E-state index in [1.165, 1.54) is 4.90 Å². The van der Waals surface area contributed by atoms with Gasteiger partial charge in [0, 0.05) is 19.5 Å². The largest absolute Gasteiger partial charge is 0.329 e. The predicted octanol–water partition coefficient (Wildman–Crippen LogP) is -0.547. The summed E-state index contributed by atoms with van der Waals surface area (Å²) < 4.78 is 0. The Balaban J connectivity index is 2.58. The third-order valence-corrected chi connectivity index (χ3v) is 4.34. The van der Waals surface area contributed by atoms with Crippen LogP contribution in [0.4, 0.5) is 0 Å². The minimum atomic E-state index is -0.0593. The average molecular weight is 312 g/mol. The molecule has 1 heterocycles. The van der Waals surface area contributed by atoms with Crippen molar-refractivity contribution in [1.82, 2.24) is 4.90 Å². The minimum absolute atomic E-state index is 0.0227. The highest BCUT2D eigenvalue weighted by Crippen LogP contribution is 2.29. The van der Waals surface area contributed by atoms with Crippen LogP contribution in [0.25, 0.3) is 0 Å². The van der Waals surface area contributed by atoms with Gasteiger partial charge in [0.1, 0.15) is 0 Å². The number of likely N-dealkylation sites (tertiary alicyclic amines) is 1. The van der Waals surface area contributed by atoms with E-state index in [2.05, 4.69) is 22.4 Å². The molecule has 1 rings (SSSR count). The fraction of sp³-hybridized carbons (Fsp3) is 0.667. The summed E-state index contributed by atoms with van der Waals surface area (Å²) in [6.45, 7) is 0.734. The topological polar surface area (TPSA) is 63.4 Å². The number of carbonyl (C=O) groups excluding carboxylic acids is 2. The van der Waals surface area contributed by atoms with Crippen LogP contribution in [-0.4, -0.2) is 40.3 Å². The van der Waals surface area contributed by atoms with E-state index in [4.69, 9.17) is 5.73 Å². The van der Waals surface area contributed by atoms with E-state index in [1.807, 2.05) is 0 Å². The Morgan fingerprint density at radius 1 is 1.69 bits per heavy atom. The molecular formula is C6H11BIN2O2P. The van der Waals surface area contributed by atoms with E-state index < -0.39 is 0 Å². The molecule has 0 aromatic carbocycles. The van der Waals surface area contributed by atoms with Gasteiger partial charge in [0.2, 0.25) is 16.7 Å². The maximum Gasteiger partial charge on any atom is 0.236 e. The normalized spacial score (nSPS) is 23.5. The molecule has 13 heavy (non-hydrogen) atoms. The molecule has 0 spiro atoms. The smallest absolute Gasteiger partial charge is 0.236 e. The number of carbonyl (C=O) groups is 2. The highest BCUT2D eigenvalue weighted by atomic mass is 127. The van der Waals surface area contributed by atoms with Crippen molar-refractivity contribution in [3.05, 3.63) is 0 Å². The van der Waals surface area contributed by atoms with Gasteiger partial charge >= 0.3 is 0 Å². The second-order valence-corrected chi connectivity index (χ2v) is 6.43. The van der Waals surface area contributed by atoms with E-state index in [-0.39, 0.29) is 17.5 Å². The molecule has 0 bridgehead atoms. The minimum Gasteiger partial charge on any atom is -0.329 e. The third-order valence-electron chi connectivity index (χ3n) is 1.92. The zero-order valence-electron chi connectivity index (χ0n) is 7.12. The molecule has 2 atom stereocenters. The number of halogens is 1. The summed E-state index contributed by atoms with van der Waals surface area (Å²) in [6, 6.07) is 0. The monoisotopic (exact) mass is 312 g/mol. The van der Waals surface area contributed by atoms with Crippen LogP contribution in [0.15, 0.2) is 0 Å². The van der Waals surface area contributed by atoms with Gasteiger partial charge in [0.25, 0.3) is 0 Å². The van der Waals surface area contributed by atoms with Crippen LogP contribution in [0.2, 0.25) is 0 Å². The molecule has 2 N–H and O–H groups in total. The van der Waals surface area contributed by atoms with Gasteiger partial charge in [-0.15, -0.1) is 30.8 Å². The lowest BCUT2D eigenvalue weighted by molar-refractivity contribution is -0.138. The van der Waals surface area contributed by atoms with Crippen LogP contribution in [0, 0.1) is 0 Å². The van der Waals surface area contributed by atoms with E-state index in [0.29, 0.717) is 28.0 Å². The molecule has 4 nitrogen and oxygen atoms in total. The number of nitrogens with two attached hydrogens (primary N) is 1. The van der Waals surface area contributed by atoms with Gasteiger partial charge in [-0.05, 0) is 0 Å². The van der Waals surface area contributed by atoms with Crippen molar-refractivity contribution in [2.75, 3.05) is 13.1 Å². The summed E-state index contributed by atoms with van der Waals surface area (Å²) in [6.07, 6.45) is 0.389. The Bertz CT molecular complexity index is 229. The van der Waals surface area contributed by atoms with Crippen LogP contribution >= 0.6 is 30.8 Å². The molecule has 1 fully saturated rings. The zero-order valence-corrected chi connectivity index (χ0v) is 10.3. The summed E-state index contributed by atoms with van der Waals surface area (Å²) in [5.41, 5.74) is 5.25. The fourth-order valence-corrected chi connectivity index (χ4v) is 3.73. The van der Waals surface area contributed by atoms with Gasteiger partial charge in [-0.25, -0.2) is 0 Å². The van der Waals surface area contributed by atoms with Gasteiger partial charge in [-0.1, -0.05) is 0 Å². The lowest BCUT2D eigenvalue weighted by atomic mass is 10.3. The summed E-state index contributed by atoms with van der Waals surface area (Å²) >= 11 is 2.23. The standard InChI is InChI=1S/C6H11BIN2O2P/c8-7-13-4-3-5(11)10(2-1-9)6(4)12/h4,7,13H,1-3,9H2. The quantitative estimate of drug-likeness (QED) is 0.328. The molecule has 7 heteroatoms. The van der Waals surface area contributed by atoms with Crippen molar-refractivity contribution in [2.24, 2.45) is 5.73 Å². The number of rotatable bonds is 4. The van der Waals surface area contributed by atoms with Crippen molar-refractivity contribution < 1.29 is 9.59 Å². The first-order valence-electron chi connectivity index (χ1n) is 4.04. The van der Waals surface area contributed by atoms with E-state index in [0.717, 1.165) is 4.86 Å². The predicted molar refractivity (Wildman–Crippen MR) is 63.7 cm³/mol. The number of nitrogens with zero attached hydrogens (tertiary/aromatic N) is 1. The zero-order chi connectivity index (χ0) is 9.84. The molecular weight excluding hydrogens is 301 g/mol. The second kappa shape index (κ2) is 5.27. The van der Waals surface area contributed by atoms with Crippen molar-refractivity contribution in [3.8, 4) is 0 Å². The van der Waals surface area contributed by atoms with Gasteiger partial charge < -0.3 is 5.73 Å². The van der Waals surface area contributed by atoms with E-state index >= 15 is 0 Å². The first-order chi connectivity index (χ1) is 6.20. The van der Waals surface area contributed by atoms with Crippen molar-refractivity contribution in [2.45, 2.75) is 12.1 Å². The summed E-state index contributed by atoms with van der Waals surface area (Å²) in [4.78, 5) is 25.1. The van der Waals surface area contributed by atoms with Crippen molar-refractivity contribution >= 4 is 47.5 Å². The SMILES string of the molecule is NCCN1C(=O)CC(PBI)C1=O. The van der Waals surface area contributed by atoms with Crippen LogP contribution in [0.3, 0.4) is 0 Å². The molecule has 0 aromatic heterocycles.